The molecular weight excluding hydrogens is 416 g/mol. The van der Waals surface area contributed by atoms with Gasteiger partial charge in [0.2, 0.25) is 11.8 Å². The standard InChI is InChI=1S/C23H24N2O5S/c1-14(2)15-8-10-16(11-9-15)24-20(26)13-30-23(29)17-6-4-5-7-18(17)31-19-12-21(27)25(3)22(19)28/h4-11,14,19H,12-13H2,1-3H3,(H,24,26). The van der Waals surface area contributed by atoms with Crippen molar-refractivity contribution in [2.45, 2.75) is 36.3 Å². The lowest BCUT2D eigenvalue weighted by molar-refractivity contribution is -0.136. The molecule has 0 aromatic heterocycles. The minimum atomic E-state index is -0.668. The van der Waals surface area contributed by atoms with Crippen LogP contribution in [-0.2, 0) is 19.1 Å². The zero-order valence-corrected chi connectivity index (χ0v) is 18.4. The molecule has 1 unspecified atom stereocenters. The van der Waals surface area contributed by atoms with E-state index in [1.165, 1.54) is 7.05 Å². The van der Waals surface area contributed by atoms with Crippen molar-refractivity contribution < 1.29 is 23.9 Å². The predicted molar refractivity (Wildman–Crippen MR) is 118 cm³/mol. The number of rotatable bonds is 7. The zero-order chi connectivity index (χ0) is 22.5. The third-order valence-electron chi connectivity index (χ3n) is 4.91. The summed E-state index contributed by atoms with van der Waals surface area (Å²) in [5.74, 6) is -1.27. The van der Waals surface area contributed by atoms with Crippen LogP contribution in [0.3, 0.4) is 0 Å². The summed E-state index contributed by atoms with van der Waals surface area (Å²) in [4.78, 5) is 50.2. The zero-order valence-electron chi connectivity index (χ0n) is 17.6. The number of hydrogen-bond donors (Lipinski definition) is 1. The van der Waals surface area contributed by atoms with Crippen LogP contribution in [0.1, 0.15) is 42.1 Å². The molecule has 1 aliphatic heterocycles. The van der Waals surface area contributed by atoms with Crippen molar-refractivity contribution in [3.05, 3.63) is 59.7 Å². The first-order valence-electron chi connectivity index (χ1n) is 9.89. The van der Waals surface area contributed by atoms with Gasteiger partial charge in [0.25, 0.3) is 5.91 Å². The Balaban J connectivity index is 1.59. The van der Waals surface area contributed by atoms with Crippen LogP contribution in [0.2, 0.25) is 0 Å². The van der Waals surface area contributed by atoms with Crippen molar-refractivity contribution in [2.24, 2.45) is 0 Å². The molecule has 1 fully saturated rings. The summed E-state index contributed by atoms with van der Waals surface area (Å²) in [5.41, 5.74) is 2.03. The Labute approximate surface area is 185 Å². The highest BCUT2D eigenvalue weighted by Crippen LogP contribution is 2.33. The number of hydrogen-bond acceptors (Lipinski definition) is 6. The first-order valence-corrected chi connectivity index (χ1v) is 10.8. The lowest BCUT2D eigenvalue weighted by Crippen LogP contribution is -2.26. The molecule has 1 N–H and O–H groups in total. The largest absolute Gasteiger partial charge is 0.452 e. The highest BCUT2D eigenvalue weighted by atomic mass is 32.2. The van der Waals surface area contributed by atoms with Crippen LogP contribution in [-0.4, -0.2) is 47.5 Å². The van der Waals surface area contributed by atoms with Gasteiger partial charge in [0, 0.05) is 24.1 Å². The molecule has 0 spiro atoms. The summed E-state index contributed by atoms with van der Waals surface area (Å²) in [6.45, 7) is 3.73. The molecule has 3 rings (SSSR count). The number of ether oxygens (including phenoxy) is 1. The Morgan fingerprint density at radius 3 is 2.42 bits per heavy atom. The normalized spacial score (nSPS) is 16.0. The molecule has 8 heteroatoms. The maximum Gasteiger partial charge on any atom is 0.339 e. The van der Waals surface area contributed by atoms with Gasteiger partial charge in [0.15, 0.2) is 6.61 Å². The average Bonchev–Trinajstić information content (AvgIpc) is 2.99. The number of carbonyl (C=O) groups excluding carboxylic acids is 4. The summed E-state index contributed by atoms with van der Waals surface area (Å²) in [6.07, 6.45) is 0.0847. The van der Waals surface area contributed by atoms with Crippen LogP contribution in [0, 0.1) is 0 Å². The van der Waals surface area contributed by atoms with E-state index in [0.29, 0.717) is 16.5 Å². The van der Waals surface area contributed by atoms with Crippen molar-refractivity contribution in [1.29, 1.82) is 0 Å². The van der Waals surface area contributed by atoms with Gasteiger partial charge in [-0.05, 0) is 35.7 Å². The highest BCUT2D eigenvalue weighted by Gasteiger charge is 2.37. The molecule has 1 heterocycles. The number of amides is 3. The van der Waals surface area contributed by atoms with Gasteiger partial charge in [-0.3, -0.25) is 19.3 Å². The summed E-state index contributed by atoms with van der Waals surface area (Å²) >= 11 is 1.15. The SMILES string of the molecule is CC(C)c1ccc(NC(=O)COC(=O)c2ccccc2SC2CC(=O)N(C)C2=O)cc1. The third-order valence-corrected chi connectivity index (χ3v) is 6.17. The topological polar surface area (TPSA) is 92.8 Å². The number of carbonyl (C=O) groups is 4. The minimum absolute atomic E-state index is 0.0847. The Bertz CT molecular complexity index is 1000. The van der Waals surface area contributed by atoms with Gasteiger partial charge in [-0.15, -0.1) is 11.8 Å². The lowest BCUT2D eigenvalue weighted by atomic mass is 10.0. The second kappa shape index (κ2) is 9.78. The quantitative estimate of drug-likeness (QED) is 0.524. The molecule has 0 saturated carbocycles. The molecule has 1 aliphatic rings. The van der Waals surface area contributed by atoms with Crippen molar-refractivity contribution in [1.82, 2.24) is 4.90 Å². The van der Waals surface area contributed by atoms with E-state index >= 15 is 0 Å². The van der Waals surface area contributed by atoms with Gasteiger partial charge in [-0.25, -0.2) is 4.79 Å². The van der Waals surface area contributed by atoms with Crippen LogP contribution in [0.25, 0.3) is 0 Å². The number of anilines is 1. The van der Waals surface area contributed by atoms with E-state index in [1.807, 2.05) is 12.1 Å². The average molecular weight is 441 g/mol. The lowest BCUT2D eigenvalue weighted by Gasteiger charge is -2.12. The molecule has 1 atom stereocenters. The van der Waals surface area contributed by atoms with E-state index in [0.717, 1.165) is 22.2 Å². The van der Waals surface area contributed by atoms with E-state index < -0.39 is 23.7 Å². The van der Waals surface area contributed by atoms with Crippen molar-refractivity contribution in [3.8, 4) is 0 Å². The molecule has 162 valence electrons. The molecule has 0 bridgehead atoms. The molecule has 0 aliphatic carbocycles. The van der Waals surface area contributed by atoms with Crippen molar-refractivity contribution in [3.63, 3.8) is 0 Å². The number of thioether (sulfide) groups is 1. The molecule has 7 nitrogen and oxygen atoms in total. The number of esters is 1. The number of likely N-dealkylation sites (tertiary alicyclic amines) is 1. The minimum Gasteiger partial charge on any atom is -0.452 e. The fourth-order valence-electron chi connectivity index (χ4n) is 3.06. The van der Waals surface area contributed by atoms with E-state index in [4.69, 9.17) is 4.74 Å². The fraction of sp³-hybridized carbons (Fsp3) is 0.304. The van der Waals surface area contributed by atoms with Gasteiger partial charge in [-0.1, -0.05) is 38.1 Å². The van der Waals surface area contributed by atoms with E-state index in [1.54, 1.807) is 36.4 Å². The second-order valence-electron chi connectivity index (χ2n) is 7.50. The van der Waals surface area contributed by atoms with Crippen molar-refractivity contribution >= 4 is 41.1 Å². The van der Waals surface area contributed by atoms with Gasteiger partial charge in [0.05, 0.1) is 10.8 Å². The highest BCUT2D eigenvalue weighted by molar-refractivity contribution is 8.00. The van der Waals surface area contributed by atoms with Gasteiger partial charge in [0.1, 0.15) is 0 Å². The molecule has 1 saturated heterocycles. The van der Waals surface area contributed by atoms with Crippen LogP contribution in [0.5, 0.6) is 0 Å². The number of nitrogens with one attached hydrogen (secondary N) is 1. The smallest absolute Gasteiger partial charge is 0.339 e. The van der Waals surface area contributed by atoms with Gasteiger partial charge in [-0.2, -0.15) is 0 Å². The maximum absolute atomic E-state index is 12.5. The molecule has 31 heavy (non-hydrogen) atoms. The van der Waals surface area contributed by atoms with E-state index in [9.17, 15) is 19.2 Å². The summed E-state index contributed by atoms with van der Waals surface area (Å²) < 4.78 is 5.17. The molecule has 2 aromatic rings. The fourth-order valence-corrected chi connectivity index (χ4v) is 4.29. The predicted octanol–water partition coefficient (Wildman–Crippen LogP) is 3.45. The molecule has 0 radical (unpaired) electrons. The number of imide groups is 1. The van der Waals surface area contributed by atoms with Crippen LogP contribution >= 0.6 is 11.8 Å². The second-order valence-corrected chi connectivity index (χ2v) is 8.74. The van der Waals surface area contributed by atoms with Crippen LogP contribution in [0.15, 0.2) is 53.4 Å². The molecular formula is C23H24N2O5S. The monoisotopic (exact) mass is 440 g/mol. The van der Waals surface area contributed by atoms with Gasteiger partial charge < -0.3 is 10.1 Å². The van der Waals surface area contributed by atoms with E-state index in [-0.39, 0.29) is 23.8 Å². The summed E-state index contributed by atoms with van der Waals surface area (Å²) in [5, 5.41) is 2.11. The number of nitrogens with zero attached hydrogens (tertiary/aromatic N) is 1. The Kier molecular flexibility index (Phi) is 7.12. The molecule has 2 aromatic carbocycles. The Morgan fingerprint density at radius 1 is 1.13 bits per heavy atom. The van der Waals surface area contributed by atoms with E-state index in [2.05, 4.69) is 19.2 Å². The maximum atomic E-state index is 12.5. The third kappa shape index (κ3) is 5.52. The Hall–Kier alpha value is -3.13. The van der Waals surface area contributed by atoms with Crippen LogP contribution in [0.4, 0.5) is 5.69 Å². The first kappa shape index (κ1) is 22.6. The number of benzene rings is 2. The van der Waals surface area contributed by atoms with Crippen molar-refractivity contribution in [2.75, 3.05) is 19.0 Å². The van der Waals surface area contributed by atoms with Gasteiger partial charge >= 0.3 is 5.97 Å². The molecule has 3 amide bonds. The van der Waals surface area contributed by atoms with Crippen LogP contribution < -0.4 is 5.32 Å². The Morgan fingerprint density at radius 2 is 1.81 bits per heavy atom. The first-order chi connectivity index (χ1) is 14.8. The summed E-state index contributed by atoms with van der Waals surface area (Å²) in [6, 6.07) is 14.1. The summed E-state index contributed by atoms with van der Waals surface area (Å²) in [7, 11) is 1.44.